The standard InChI is InChI=1S/C22H28N4O4/c27-19-4-3-18(20(28)25-19)26-10-15-2-1-14(7-17(15)21(26)29)8-23-9-16-5-6-22(13-30-16)11-24-12-22/h1-2,7,16,18,23-24H,3-6,8-13H2,(H,25,27,28). The van der Waals surface area contributed by atoms with Crippen molar-refractivity contribution >= 4 is 17.7 Å². The van der Waals surface area contributed by atoms with Gasteiger partial charge in [-0.05, 0) is 36.5 Å². The van der Waals surface area contributed by atoms with Gasteiger partial charge in [-0.25, -0.2) is 0 Å². The number of carbonyl (C=O) groups excluding carboxylic acids is 3. The molecule has 3 amide bonds. The van der Waals surface area contributed by atoms with Crippen LogP contribution in [-0.4, -0.2) is 61.0 Å². The monoisotopic (exact) mass is 412 g/mol. The highest BCUT2D eigenvalue weighted by molar-refractivity contribution is 6.05. The summed E-state index contributed by atoms with van der Waals surface area (Å²) in [5.74, 6) is -0.771. The van der Waals surface area contributed by atoms with E-state index in [4.69, 9.17) is 4.74 Å². The molecule has 4 aliphatic rings. The Morgan fingerprint density at radius 1 is 1.20 bits per heavy atom. The Morgan fingerprint density at radius 2 is 2.07 bits per heavy atom. The quantitative estimate of drug-likeness (QED) is 0.602. The van der Waals surface area contributed by atoms with Crippen LogP contribution in [0.1, 0.15) is 47.2 Å². The van der Waals surface area contributed by atoms with E-state index in [1.807, 2.05) is 18.2 Å². The van der Waals surface area contributed by atoms with Gasteiger partial charge in [-0.1, -0.05) is 12.1 Å². The summed E-state index contributed by atoms with van der Waals surface area (Å²) in [4.78, 5) is 38.0. The number of nitrogens with one attached hydrogen (secondary N) is 3. The van der Waals surface area contributed by atoms with Crippen molar-refractivity contribution in [2.24, 2.45) is 5.41 Å². The Balaban J connectivity index is 1.15. The van der Waals surface area contributed by atoms with E-state index in [9.17, 15) is 14.4 Å². The fourth-order valence-electron chi connectivity index (χ4n) is 4.92. The SMILES string of the molecule is O=C1CCC(N2Cc3ccc(CNCC4CCC5(CNC5)CO4)cc3C2=O)C(=O)N1. The zero-order valence-electron chi connectivity index (χ0n) is 17.0. The molecule has 1 spiro atoms. The van der Waals surface area contributed by atoms with E-state index in [1.54, 1.807) is 4.90 Å². The number of rotatable bonds is 5. The summed E-state index contributed by atoms with van der Waals surface area (Å²) in [7, 11) is 0. The van der Waals surface area contributed by atoms with Gasteiger partial charge in [0.05, 0.1) is 12.7 Å². The molecule has 160 valence electrons. The molecular formula is C22H28N4O4. The van der Waals surface area contributed by atoms with Crippen molar-refractivity contribution in [1.29, 1.82) is 0 Å². The van der Waals surface area contributed by atoms with Gasteiger partial charge in [0.15, 0.2) is 0 Å². The number of hydrogen-bond donors (Lipinski definition) is 3. The average Bonchev–Trinajstić information content (AvgIpc) is 3.03. The Bertz CT molecular complexity index is 872. The molecule has 3 saturated heterocycles. The normalized spacial score (nSPS) is 27.7. The van der Waals surface area contributed by atoms with Crippen molar-refractivity contribution in [1.82, 2.24) is 20.9 Å². The van der Waals surface area contributed by atoms with Gasteiger partial charge >= 0.3 is 0 Å². The van der Waals surface area contributed by atoms with E-state index in [-0.39, 0.29) is 30.2 Å². The number of fused-ring (bicyclic) bond motifs is 1. The van der Waals surface area contributed by atoms with Crippen LogP contribution in [0.3, 0.4) is 0 Å². The highest BCUT2D eigenvalue weighted by Gasteiger charge is 2.41. The summed E-state index contributed by atoms with van der Waals surface area (Å²) in [5, 5.41) is 9.14. The summed E-state index contributed by atoms with van der Waals surface area (Å²) in [6, 6.07) is 5.36. The molecule has 0 aromatic heterocycles. The van der Waals surface area contributed by atoms with E-state index in [2.05, 4.69) is 16.0 Å². The van der Waals surface area contributed by atoms with Crippen LogP contribution >= 0.6 is 0 Å². The van der Waals surface area contributed by atoms with Crippen molar-refractivity contribution < 1.29 is 19.1 Å². The lowest BCUT2D eigenvalue weighted by atomic mass is 9.76. The third-order valence-corrected chi connectivity index (χ3v) is 6.92. The van der Waals surface area contributed by atoms with E-state index in [0.29, 0.717) is 30.5 Å². The number of hydrogen-bond acceptors (Lipinski definition) is 6. The van der Waals surface area contributed by atoms with Crippen molar-refractivity contribution in [3.05, 3.63) is 34.9 Å². The summed E-state index contributed by atoms with van der Waals surface area (Å²) in [6.45, 7) is 4.89. The molecule has 30 heavy (non-hydrogen) atoms. The molecule has 0 bridgehead atoms. The minimum atomic E-state index is -0.568. The molecule has 0 aliphatic carbocycles. The second-order valence-electron chi connectivity index (χ2n) is 9.10. The van der Waals surface area contributed by atoms with Gasteiger partial charge in [-0.2, -0.15) is 0 Å². The van der Waals surface area contributed by atoms with Crippen molar-refractivity contribution in [2.45, 2.75) is 50.9 Å². The predicted octanol–water partition coefficient (Wildman–Crippen LogP) is 0.306. The largest absolute Gasteiger partial charge is 0.376 e. The second-order valence-corrected chi connectivity index (χ2v) is 9.10. The van der Waals surface area contributed by atoms with E-state index in [1.165, 1.54) is 6.42 Å². The van der Waals surface area contributed by atoms with Gasteiger partial charge in [-0.3, -0.25) is 19.7 Å². The maximum atomic E-state index is 12.9. The van der Waals surface area contributed by atoms with Crippen LogP contribution < -0.4 is 16.0 Å². The van der Waals surface area contributed by atoms with E-state index >= 15 is 0 Å². The first kappa shape index (κ1) is 19.7. The Labute approximate surface area is 175 Å². The smallest absolute Gasteiger partial charge is 0.255 e. The zero-order valence-corrected chi connectivity index (χ0v) is 17.0. The highest BCUT2D eigenvalue weighted by atomic mass is 16.5. The maximum absolute atomic E-state index is 12.9. The molecule has 4 aliphatic heterocycles. The number of carbonyl (C=O) groups is 3. The lowest BCUT2D eigenvalue weighted by Crippen LogP contribution is -2.59. The van der Waals surface area contributed by atoms with Gasteiger partial charge in [0.25, 0.3) is 5.91 Å². The Hall–Kier alpha value is -2.29. The van der Waals surface area contributed by atoms with Crippen molar-refractivity contribution in [2.75, 3.05) is 26.2 Å². The molecule has 0 radical (unpaired) electrons. The number of imide groups is 1. The molecule has 3 N–H and O–H groups in total. The van der Waals surface area contributed by atoms with Crippen LogP contribution in [-0.2, 0) is 27.4 Å². The van der Waals surface area contributed by atoms with Crippen molar-refractivity contribution in [3.63, 3.8) is 0 Å². The van der Waals surface area contributed by atoms with Gasteiger partial charge in [0, 0.05) is 50.1 Å². The molecular weight excluding hydrogens is 384 g/mol. The van der Waals surface area contributed by atoms with Crippen LogP contribution in [0.2, 0.25) is 0 Å². The van der Waals surface area contributed by atoms with Gasteiger partial charge in [0.2, 0.25) is 11.8 Å². The fraction of sp³-hybridized carbons (Fsp3) is 0.591. The third-order valence-electron chi connectivity index (χ3n) is 6.92. The summed E-state index contributed by atoms with van der Waals surface area (Å²) >= 11 is 0. The molecule has 8 nitrogen and oxygen atoms in total. The molecule has 2 unspecified atom stereocenters. The molecule has 4 heterocycles. The minimum absolute atomic E-state index is 0.128. The molecule has 5 rings (SSSR count). The Morgan fingerprint density at radius 3 is 2.77 bits per heavy atom. The molecule has 2 atom stereocenters. The lowest BCUT2D eigenvalue weighted by Gasteiger charge is -2.47. The molecule has 0 saturated carbocycles. The average molecular weight is 412 g/mol. The van der Waals surface area contributed by atoms with Crippen LogP contribution in [0.5, 0.6) is 0 Å². The van der Waals surface area contributed by atoms with Crippen LogP contribution in [0.15, 0.2) is 18.2 Å². The number of benzene rings is 1. The summed E-state index contributed by atoms with van der Waals surface area (Å²) in [5.41, 5.74) is 3.02. The van der Waals surface area contributed by atoms with E-state index < -0.39 is 6.04 Å². The van der Waals surface area contributed by atoms with E-state index in [0.717, 1.165) is 43.8 Å². The molecule has 1 aromatic rings. The highest BCUT2D eigenvalue weighted by Crippen LogP contribution is 2.34. The molecule has 3 fully saturated rings. The molecule has 8 heteroatoms. The number of ether oxygens (including phenoxy) is 1. The van der Waals surface area contributed by atoms with Crippen molar-refractivity contribution in [3.8, 4) is 0 Å². The first-order valence-corrected chi connectivity index (χ1v) is 10.8. The Kier molecular flexibility index (Phi) is 5.08. The van der Waals surface area contributed by atoms with Crippen LogP contribution in [0.25, 0.3) is 0 Å². The van der Waals surface area contributed by atoms with Gasteiger partial charge in [-0.15, -0.1) is 0 Å². The summed E-state index contributed by atoms with van der Waals surface area (Å²) in [6.07, 6.45) is 3.20. The topological polar surface area (TPSA) is 99.8 Å². The number of nitrogens with zero attached hydrogens (tertiary/aromatic N) is 1. The number of amides is 3. The number of piperidine rings is 1. The summed E-state index contributed by atoms with van der Waals surface area (Å²) < 4.78 is 6.04. The lowest BCUT2D eigenvalue weighted by molar-refractivity contribution is -0.136. The first-order valence-electron chi connectivity index (χ1n) is 10.8. The fourth-order valence-corrected chi connectivity index (χ4v) is 4.92. The van der Waals surface area contributed by atoms with Gasteiger partial charge in [0.1, 0.15) is 6.04 Å². The zero-order chi connectivity index (χ0) is 20.7. The van der Waals surface area contributed by atoms with Gasteiger partial charge < -0.3 is 20.3 Å². The first-order chi connectivity index (χ1) is 14.5. The van der Waals surface area contributed by atoms with Crippen LogP contribution in [0.4, 0.5) is 0 Å². The minimum Gasteiger partial charge on any atom is -0.376 e. The molecule has 1 aromatic carbocycles. The van der Waals surface area contributed by atoms with Crippen LogP contribution in [0, 0.1) is 5.41 Å². The maximum Gasteiger partial charge on any atom is 0.255 e. The third kappa shape index (κ3) is 3.64. The second kappa shape index (κ2) is 7.76. The predicted molar refractivity (Wildman–Crippen MR) is 108 cm³/mol.